The fraction of sp³-hybridized carbons (Fsp3) is 0.364. The Balaban J connectivity index is 2.48. The molecular weight excluding hydrogens is 216 g/mol. The highest BCUT2D eigenvalue weighted by molar-refractivity contribution is 5.97. The Labute approximate surface area is 91.6 Å². The predicted octanol–water partition coefficient (Wildman–Crippen LogP) is 2.15. The summed E-state index contributed by atoms with van der Waals surface area (Å²) in [6, 6.07) is 4.06. The summed E-state index contributed by atoms with van der Waals surface area (Å²) >= 11 is 0. The van der Waals surface area contributed by atoms with Crippen LogP contribution >= 0.6 is 0 Å². The fourth-order valence-electron chi connectivity index (χ4n) is 1.55. The number of nitrogens with zero attached hydrogens (tertiary/aromatic N) is 1. The number of hydrogen-bond donors (Lipinski definition) is 0. The van der Waals surface area contributed by atoms with E-state index in [0.29, 0.717) is 11.4 Å². The van der Waals surface area contributed by atoms with Crippen LogP contribution in [0.1, 0.15) is 12.5 Å². The second kappa shape index (κ2) is 3.43. The Morgan fingerprint density at radius 1 is 1.44 bits per heavy atom. The molecule has 0 unspecified atom stereocenters. The Bertz CT molecular complexity index is 440. The highest BCUT2D eigenvalue weighted by atomic mass is 19.3. The highest BCUT2D eigenvalue weighted by Gasteiger charge is 2.28. The summed E-state index contributed by atoms with van der Waals surface area (Å²) in [6.45, 7) is 0.769. The lowest BCUT2D eigenvalue weighted by Gasteiger charge is -2.27. The second-order valence-electron chi connectivity index (χ2n) is 3.81. The van der Waals surface area contributed by atoms with Crippen LogP contribution in [0.25, 0.3) is 0 Å². The van der Waals surface area contributed by atoms with E-state index in [4.69, 9.17) is 4.74 Å². The van der Waals surface area contributed by atoms with Gasteiger partial charge in [0.1, 0.15) is 5.75 Å². The maximum absolute atomic E-state index is 13.1. The minimum Gasteiger partial charge on any atom is -0.482 e. The van der Waals surface area contributed by atoms with Gasteiger partial charge < -0.3 is 9.64 Å². The van der Waals surface area contributed by atoms with E-state index >= 15 is 0 Å². The van der Waals surface area contributed by atoms with Gasteiger partial charge in [0.15, 0.2) is 6.61 Å². The van der Waals surface area contributed by atoms with Gasteiger partial charge in [-0.05, 0) is 18.2 Å². The molecule has 0 saturated carbocycles. The summed E-state index contributed by atoms with van der Waals surface area (Å²) in [5, 5.41) is 0. The molecule has 0 bridgehead atoms. The number of rotatable bonds is 1. The number of anilines is 1. The van der Waals surface area contributed by atoms with Crippen molar-refractivity contribution in [3.8, 4) is 5.75 Å². The normalized spacial score (nSPS) is 15.8. The molecule has 16 heavy (non-hydrogen) atoms. The van der Waals surface area contributed by atoms with Crippen molar-refractivity contribution in [3.05, 3.63) is 23.8 Å². The van der Waals surface area contributed by atoms with Crippen LogP contribution in [0.3, 0.4) is 0 Å². The molecule has 2 rings (SSSR count). The molecule has 0 radical (unpaired) electrons. The lowest BCUT2D eigenvalue weighted by atomic mass is 10.1. The molecule has 0 aromatic heterocycles. The lowest BCUT2D eigenvalue weighted by Crippen LogP contribution is -2.35. The molecular formula is C11H11F2NO2. The summed E-state index contributed by atoms with van der Waals surface area (Å²) in [7, 11) is 1.54. The van der Waals surface area contributed by atoms with Gasteiger partial charge in [-0.25, -0.2) is 8.78 Å². The van der Waals surface area contributed by atoms with Crippen LogP contribution in [0, 0.1) is 0 Å². The van der Waals surface area contributed by atoms with Crippen molar-refractivity contribution in [1.29, 1.82) is 0 Å². The summed E-state index contributed by atoms with van der Waals surface area (Å²) < 4.78 is 31.3. The Morgan fingerprint density at radius 2 is 2.12 bits per heavy atom. The van der Waals surface area contributed by atoms with Crippen molar-refractivity contribution in [2.45, 2.75) is 12.8 Å². The molecule has 0 atom stereocenters. The molecule has 1 aliphatic heterocycles. The number of carbonyl (C=O) groups is 1. The standard InChI is InChI=1S/C11H11F2NO2/c1-11(12,13)7-3-4-9-8(5-7)14(2)10(15)6-16-9/h3-5H,6H2,1-2H3. The minimum atomic E-state index is -2.92. The molecule has 86 valence electrons. The molecule has 1 aromatic carbocycles. The van der Waals surface area contributed by atoms with Gasteiger partial charge in [-0.2, -0.15) is 0 Å². The van der Waals surface area contributed by atoms with E-state index in [1.54, 1.807) is 7.05 Å². The quantitative estimate of drug-likeness (QED) is 0.735. The number of fused-ring (bicyclic) bond motifs is 1. The number of amides is 1. The number of halogens is 2. The van der Waals surface area contributed by atoms with E-state index < -0.39 is 5.92 Å². The molecule has 3 nitrogen and oxygen atoms in total. The first-order chi connectivity index (χ1) is 7.39. The zero-order valence-electron chi connectivity index (χ0n) is 8.96. The summed E-state index contributed by atoms with van der Waals surface area (Å²) in [6.07, 6.45) is 0. The Morgan fingerprint density at radius 3 is 2.75 bits per heavy atom. The fourth-order valence-corrected chi connectivity index (χ4v) is 1.55. The number of hydrogen-bond acceptors (Lipinski definition) is 2. The topological polar surface area (TPSA) is 29.5 Å². The van der Waals surface area contributed by atoms with Crippen molar-refractivity contribution < 1.29 is 18.3 Å². The molecule has 0 N–H and O–H groups in total. The first-order valence-corrected chi connectivity index (χ1v) is 4.81. The van der Waals surface area contributed by atoms with Gasteiger partial charge in [-0.3, -0.25) is 4.79 Å². The first kappa shape index (κ1) is 10.9. The molecule has 0 spiro atoms. The van der Waals surface area contributed by atoms with Gasteiger partial charge in [0.05, 0.1) is 5.69 Å². The van der Waals surface area contributed by atoms with Crippen LogP contribution in [0.15, 0.2) is 18.2 Å². The van der Waals surface area contributed by atoms with Crippen LogP contribution in [0.4, 0.5) is 14.5 Å². The highest BCUT2D eigenvalue weighted by Crippen LogP contribution is 2.36. The third-order valence-electron chi connectivity index (χ3n) is 2.55. The van der Waals surface area contributed by atoms with Crippen molar-refractivity contribution >= 4 is 11.6 Å². The molecule has 0 saturated heterocycles. The maximum atomic E-state index is 13.1. The summed E-state index contributed by atoms with van der Waals surface area (Å²) in [4.78, 5) is 12.7. The zero-order valence-corrected chi connectivity index (χ0v) is 8.96. The van der Waals surface area contributed by atoms with Crippen molar-refractivity contribution in [1.82, 2.24) is 0 Å². The van der Waals surface area contributed by atoms with E-state index in [0.717, 1.165) is 6.92 Å². The van der Waals surface area contributed by atoms with Gasteiger partial charge in [-0.15, -0.1) is 0 Å². The van der Waals surface area contributed by atoms with Gasteiger partial charge in [0, 0.05) is 19.5 Å². The molecule has 1 aromatic rings. The van der Waals surface area contributed by atoms with Gasteiger partial charge in [-0.1, -0.05) is 0 Å². The Kier molecular flexibility index (Phi) is 2.33. The average Bonchev–Trinajstić information content (AvgIpc) is 2.22. The maximum Gasteiger partial charge on any atom is 0.270 e. The van der Waals surface area contributed by atoms with E-state index in [1.807, 2.05) is 0 Å². The number of ether oxygens (including phenoxy) is 1. The summed E-state index contributed by atoms with van der Waals surface area (Å²) in [5.74, 6) is -2.71. The second-order valence-corrected chi connectivity index (χ2v) is 3.81. The van der Waals surface area contributed by atoms with E-state index in [1.165, 1.54) is 23.1 Å². The monoisotopic (exact) mass is 227 g/mol. The van der Waals surface area contributed by atoms with Crippen LogP contribution in [0.5, 0.6) is 5.75 Å². The number of alkyl halides is 2. The minimum absolute atomic E-state index is 0.0502. The average molecular weight is 227 g/mol. The molecule has 1 heterocycles. The zero-order chi connectivity index (χ0) is 11.9. The van der Waals surface area contributed by atoms with Crippen LogP contribution in [-0.2, 0) is 10.7 Å². The first-order valence-electron chi connectivity index (χ1n) is 4.81. The summed E-state index contributed by atoms with van der Waals surface area (Å²) in [5.41, 5.74) is 0.256. The third kappa shape index (κ3) is 1.73. The predicted molar refractivity (Wildman–Crippen MR) is 54.9 cm³/mol. The lowest BCUT2D eigenvalue weighted by molar-refractivity contribution is -0.121. The largest absolute Gasteiger partial charge is 0.482 e. The SMILES string of the molecule is CN1C(=O)COc2ccc(C(C)(F)F)cc21. The van der Waals surface area contributed by atoms with Crippen molar-refractivity contribution in [3.63, 3.8) is 0 Å². The van der Waals surface area contributed by atoms with Crippen molar-refractivity contribution in [2.75, 3.05) is 18.6 Å². The number of carbonyl (C=O) groups excluding carboxylic acids is 1. The van der Waals surface area contributed by atoms with Crippen molar-refractivity contribution in [2.24, 2.45) is 0 Å². The van der Waals surface area contributed by atoms with Crippen LogP contribution < -0.4 is 9.64 Å². The van der Waals surface area contributed by atoms with Gasteiger partial charge in [0.25, 0.3) is 11.8 Å². The third-order valence-corrected chi connectivity index (χ3v) is 2.55. The van der Waals surface area contributed by atoms with Gasteiger partial charge in [0.2, 0.25) is 0 Å². The molecule has 0 fully saturated rings. The smallest absolute Gasteiger partial charge is 0.270 e. The molecule has 0 aliphatic carbocycles. The van der Waals surface area contributed by atoms with E-state index in [2.05, 4.69) is 0 Å². The van der Waals surface area contributed by atoms with Crippen LogP contribution in [0.2, 0.25) is 0 Å². The van der Waals surface area contributed by atoms with E-state index in [9.17, 15) is 13.6 Å². The Hall–Kier alpha value is -1.65. The molecule has 5 heteroatoms. The number of likely N-dealkylation sites (N-methyl/N-ethyl adjacent to an activating group) is 1. The van der Waals surface area contributed by atoms with E-state index in [-0.39, 0.29) is 18.1 Å². The molecule has 1 aliphatic rings. The van der Waals surface area contributed by atoms with Crippen LogP contribution in [-0.4, -0.2) is 19.6 Å². The van der Waals surface area contributed by atoms with Gasteiger partial charge >= 0.3 is 0 Å². The number of benzene rings is 1. The molecule has 1 amide bonds.